The van der Waals surface area contributed by atoms with E-state index in [4.69, 9.17) is 14.2 Å². The number of para-hydroxylation sites is 2. The van der Waals surface area contributed by atoms with Gasteiger partial charge in [0.25, 0.3) is 5.91 Å². The number of benzene rings is 2. The molecule has 0 saturated heterocycles. The van der Waals surface area contributed by atoms with Gasteiger partial charge >= 0.3 is 0 Å². The SMILES string of the molecule is COCCN(CC(=O)N1CCc2sccc2[C@@H]1COc1ccccc1OC)C(=O)c1ccccc1. The third kappa shape index (κ3) is 5.83. The molecule has 1 aliphatic heterocycles. The zero-order valence-corrected chi connectivity index (χ0v) is 20.8. The highest BCUT2D eigenvalue weighted by atomic mass is 32.1. The van der Waals surface area contributed by atoms with Crippen molar-refractivity contribution in [2.45, 2.75) is 12.5 Å². The third-order valence-electron chi connectivity index (χ3n) is 6.08. The number of amides is 2. The summed E-state index contributed by atoms with van der Waals surface area (Å²) in [6.45, 7) is 1.52. The van der Waals surface area contributed by atoms with Crippen LogP contribution >= 0.6 is 11.3 Å². The van der Waals surface area contributed by atoms with Crippen molar-refractivity contribution < 1.29 is 23.8 Å². The Kier molecular flexibility index (Phi) is 8.39. The zero-order valence-electron chi connectivity index (χ0n) is 20.0. The van der Waals surface area contributed by atoms with E-state index in [9.17, 15) is 9.59 Å². The van der Waals surface area contributed by atoms with Crippen molar-refractivity contribution in [3.8, 4) is 11.5 Å². The van der Waals surface area contributed by atoms with E-state index in [1.165, 1.54) is 4.88 Å². The minimum absolute atomic E-state index is 0.0261. The summed E-state index contributed by atoms with van der Waals surface area (Å²) in [6, 6.07) is 18.3. The molecule has 0 radical (unpaired) electrons. The van der Waals surface area contributed by atoms with Crippen molar-refractivity contribution in [3.63, 3.8) is 0 Å². The summed E-state index contributed by atoms with van der Waals surface area (Å²) in [4.78, 5) is 31.4. The Morgan fingerprint density at radius 2 is 1.77 bits per heavy atom. The molecule has 184 valence electrons. The van der Waals surface area contributed by atoms with Crippen LogP contribution in [0.3, 0.4) is 0 Å². The number of hydrogen-bond acceptors (Lipinski definition) is 6. The summed E-state index contributed by atoms with van der Waals surface area (Å²) in [5.74, 6) is 0.971. The van der Waals surface area contributed by atoms with Gasteiger partial charge < -0.3 is 24.0 Å². The maximum absolute atomic E-state index is 13.6. The molecule has 2 heterocycles. The number of carbonyl (C=O) groups excluding carboxylic acids is 2. The number of ether oxygens (including phenoxy) is 3. The van der Waals surface area contributed by atoms with Crippen molar-refractivity contribution in [1.82, 2.24) is 9.80 Å². The van der Waals surface area contributed by atoms with Crippen molar-refractivity contribution >= 4 is 23.2 Å². The molecule has 1 aromatic heterocycles. The van der Waals surface area contributed by atoms with E-state index in [1.807, 2.05) is 47.4 Å². The van der Waals surface area contributed by atoms with Crippen LogP contribution in [0, 0.1) is 0 Å². The summed E-state index contributed by atoms with van der Waals surface area (Å²) in [5.41, 5.74) is 1.65. The predicted molar refractivity (Wildman–Crippen MR) is 135 cm³/mol. The van der Waals surface area contributed by atoms with Crippen LogP contribution in [-0.4, -0.2) is 68.7 Å². The van der Waals surface area contributed by atoms with E-state index in [2.05, 4.69) is 11.4 Å². The van der Waals surface area contributed by atoms with E-state index >= 15 is 0 Å². The summed E-state index contributed by atoms with van der Waals surface area (Å²) in [7, 11) is 3.19. The fourth-order valence-electron chi connectivity index (χ4n) is 4.25. The zero-order chi connectivity index (χ0) is 24.6. The largest absolute Gasteiger partial charge is 0.493 e. The van der Waals surface area contributed by atoms with Gasteiger partial charge in [-0.3, -0.25) is 9.59 Å². The average molecular weight is 495 g/mol. The molecule has 1 aliphatic rings. The smallest absolute Gasteiger partial charge is 0.254 e. The van der Waals surface area contributed by atoms with Gasteiger partial charge in [-0.1, -0.05) is 30.3 Å². The van der Waals surface area contributed by atoms with Crippen LogP contribution in [0.15, 0.2) is 66.0 Å². The van der Waals surface area contributed by atoms with E-state index in [-0.39, 0.29) is 24.4 Å². The van der Waals surface area contributed by atoms with Crippen LogP contribution in [0.5, 0.6) is 11.5 Å². The molecule has 0 spiro atoms. The molecule has 35 heavy (non-hydrogen) atoms. The Morgan fingerprint density at radius 3 is 2.51 bits per heavy atom. The van der Waals surface area contributed by atoms with Gasteiger partial charge in [0.05, 0.1) is 19.8 Å². The van der Waals surface area contributed by atoms with Crippen molar-refractivity contribution in [1.29, 1.82) is 0 Å². The Labute approximate surface area is 209 Å². The predicted octanol–water partition coefficient (Wildman–Crippen LogP) is 4.05. The first-order valence-electron chi connectivity index (χ1n) is 11.6. The lowest BCUT2D eigenvalue weighted by atomic mass is 10.0. The average Bonchev–Trinajstić information content (AvgIpc) is 3.39. The molecule has 2 aromatic carbocycles. The molecule has 2 amide bonds. The van der Waals surface area contributed by atoms with Gasteiger partial charge in [0.2, 0.25) is 5.91 Å². The van der Waals surface area contributed by atoms with Crippen molar-refractivity contribution in [2.24, 2.45) is 0 Å². The van der Waals surface area contributed by atoms with Gasteiger partial charge in [0.1, 0.15) is 13.2 Å². The molecular formula is C27H30N2O5S. The Bertz CT molecular complexity index is 1130. The van der Waals surface area contributed by atoms with Gasteiger partial charge in [0.15, 0.2) is 11.5 Å². The second-order valence-corrected chi connectivity index (χ2v) is 9.20. The van der Waals surface area contributed by atoms with Crippen LogP contribution in [0.4, 0.5) is 0 Å². The molecule has 0 unspecified atom stereocenters. The van der Waals surface area contributed by atoms with Crippen molar-refractivity contribution in [2.75, 3.05) is 47.1 Å². The molecule has 0 bridgehead atoms. The highest BCUT2D eigenvalue weighted by Gasteiger charge is 2.33. The van der Waals surface area contributed by atoms with Crippen molar-refractivity contribution in [3.05, 3.63) is 82.0 Å². The number of hydrogen-bond donors (Lipinski definition) is 0. The number of thiophene rings is 1. The Balaban J connectivity index is 1.53. The monoisotopic (exact) mass is 494 g/mol. The molecule has 1 atom stereocenters. The quantitative estimate of drug-likeness (QED) is 0.425. The molecule has 8 heteroatoms. The first kappa shape index (κ1) is 24.8. The van der Waals surface area contributed by atoms with E-state index < -0.39 is 0 Å². The number of carbonyl (C=O) groups is 2. The van der Waals surface area contributed by atoms with Gasteiger partial charge in [-0.15, -0.1) is 11.3 Å². The van der Waals surface area contributed by atoms with Gasteiger partial charge in [-0.25, -0.2) is 0 Å². The lowest BCUT2D eigenvalue weighted by Crippen LogP contribution is -2.48. The number of nitrogens with zero attached hydrogens (tertiary/aromatic N) is 2. The highest BCUT2D eigenvalue weighted by molar-refractivity contribution is 7.10. The topological polar surface area (TPSA) is 68.3 Å². The van der Waals surface area contributed by atoms with E-state index in [0.717, 1.165) is 12.0 Å². The normalized spacial score (nSPS) is 14.8. The molecule has 0 N–H and O–H groups in total. The minimum atomic E-state index is -0.251. The summed E-state index contributed by atoms with van der Waals surface area (Å²) in [5, 5.41) is 2.05. The summed E-state index contributed by atoms with van der Waals surface area (Å²) in [6.07, 6.45) is 0.786. The number of rotatable bonds is 10. The second-order valence-electron chi connectivity index (χ2n) is 8.20. The number of methoxy groups -OCH3 is 2. The molecule has 0 fully saturated rings. The summed E-state index contributed by atoms with van der Waals surface area (Å²) < 4.78 is 16.8. The first-order valence-corrected chi connectivity index (χ1v) is 12.4. The third-order valence-corrected chi connectivity index (χ3v) is 7.08. The van der Waals surface area contributed by atoms with E-state index in [1.54, 1.807) is 42.6 Å². The van der Waals surface area contributed by atoms with Gasteiger partial charge in [0, 0.05) is 30.6 Å². The molecule has 0 saturated carbocycles. The standard InChI is InChI=1S/C27H30N2O5S/c1-32-16-15-28(27(31)20-8-4-3-5-9-20)18-26(30)29-14-12-25-21(13-17-35-25)22(29)19-34-24-11-7-6-10-23(24)33-2/h3-11,13,17,22H,12,14-16,18-19H2,1-2H3/t22-/m0/s1. The van der Waals surface area contributed by atoms with Crippen LogP contribution in [0.1, 0.15) is 26.8 Å². The van der Waals surface area contributed by atoms with Crippen LogP contribution in [0.25, 0.3) is 0 Å². The molecule has 3 aromatic rings. The van der Waals surface area contributed by atoms with Crippen LogP contribution < -0.4 is 9.47 Å². The minimum Gasteiger partial charge on any atom is -0.493 e. The maximum atomic E-state index is 13.6. The lowest BCUT2D eigenvalue weighted by molar-refractivity contribution is -0.135. The lowest BCUT2D eigenvalue weighted by Gasteiger charge is -2.37. The Morgan fingerprint density at radius 1 is 1.03 bits per heavy atom. The van der Waals surface area contributed by atoms with Gasteiger partial charge in [-0.2, -0.15) is 0 Å². The first-order chi connectivity index (χ1) is 17.1. The molecule has 4 rings (SSSR count). The maximum Gasteiger partial charge on any atom is 0.254 e. The molecular weight excluding hydrogens is 464 g/mol. The van der Waals surface area contributed by atoms with Crippen LogP contribution in [-0.2, 0) is 16.0 Å². The fourth-order valence-corrected chi connectivity index (χ4v) is 5.18. The Hall–Kier alpha value is -3.36. The van der Waals surface area contributed by atoms with Gasteiger partial charge in [-0.05, 0) is 47.7 Å². The number of fused-ring (bicyclic) bond motifs is 1. The second kappa shape index (κ2) is 11.9. The van der Waals surface area contributed by atoms with E-state index in [0.29, 0.717) is 43.4 Å². The summed E-state index contributed by atoms with van der Waals surface area (Å²) >= 11 is 1.70. The molecule has 7 nitrogen and oxygen atoms in total. The molecule has 0 aliphatic carbocycles. The van der Waals surface area contributed by atoms with Crippen LogP contribution in [0.2, 0.25) is 0 Å². The fraction of sp³-hybridized carbons (Fsp3) is 0.333. The highest BCUT2D eigenvalue weighted by Crippen LogP contribution is 2.35.